The molecule has 7 nitrogen and oxygen atoms in total. The van der Waals surface area contributed by atoms with E-state index in [1.165, 1.54) is 6.08 Å². The van der Waals surface area contributed by atoms with Gasteiger partial charge < -0.3 is 9.64 Å². The van der Waals surface area contributed by atoms with Gasteiger partial charge in [-0.1, -0.05) is 23.7 Å². The topological polar surface area (TPSA) is 79.0 Å². The molecule has 0 spiro atoms. The third kappa shape index (κ3) is 4.07. The third-order valence-electron chi connectivity index (χ3n) is 6.12. The van der Waals surface area contributed by atoms with Crippen LogP contribution in [0.4, 0.5) is 16.2 Å². The number of ether oxygens (including phenoxy) is 1. The Kier molecular flexibility index (Phi) is 6.00. The van der Waals surface area contributed by atoms with E-state index in [2.05, 4.69) is 30.1 Å². The van der Waals surface area contributed by atoms with Crippen molar-refractivity contribution in [3.63, 3.8) is 0 Å². The predicted molar refractivity (Wildman–Crippen MR) is 134 cm³/mol. The smallest absolute Gasteiger partial charge is 0.335 e. The molecule has 0 radical (unpaired) electrons. The summed E-state index contributed by atoms with van der Waals surface area (Å²) < 4.78 is 5.48. The van der Waals surface area contributed by atoms with Crippen LogP contribution in [0.1, 0.15) is 38.8 Å². The maximum atomic E-state index is 13.3. The number of halogens is 1. The summed E-state index contributed by atoms with van der Waals surface area (Å²) in [7, 11) is 1.99. The Balaban J connectivity index is 1.76. The number of allylic oxidation sites excluding steroid dienone is 1. The van der Waals surface area contributed by atoms with Crippen LogP contribution in [0.2, 0.25) is 5.02 Å². The van der Waals surface area contributed by atoms with Crippen molar-refractivity contribution in [1.29, 1.82) is 0 Å². The van der Waals surface area contributed by atoms with Gasteiger partial charge in [-0.3, -0.25) is 14.9 Å². The minimum absolute atomic E-state index is 0.184. The first-order valence-corrected chi connectivity index (χ1v) is 11.3. The number of hydrogen-bond acceptors (Lipinski definition) is 5. The summed E-state index contributed by atoms with van der Waals surface area (Å²) >= 11 is 6.59. The number of likely N-dealkylation sites (N-methyl/N-ethyl adjacent to an activating group) is 1. The van der Waals surface area contributed by atoms with Crippen molar-refractivity contribution < 1.29 is 19.1 Å². The second-order valence-electron chi connectivity index (χ2n) is 8.82. The Morgan fingerprint density at radius 2 is 1.88 bits per heavy atom. The summed E-state index contributed by atoms with van der Waals surface area (Å²) in [6, 6.07) is 9.45. The average molecular weight is 480 g/mol. The quantitative estimate of drug-likeness (QED) is 0.491. The number of nitrogens with zero attached hydrogens (tertiary/aromatic N) is 2. The van der Waals surface area contributed by atoms with E-state index >= 15 is 0 Å². The van der Waals surface area contributed by atoms with Crippen molar-refractivity contribution in [1.82, 2.24) is 5.32 Å². The zero-order chi connectivity index (χ0) is 24.8. The van der Waals surface area contributed by atoms with Gasteiger partial charge in [0.1, 0.15) is 11.3 Å². The molecule has 0 aliphatic carbocycles. The molecule has 0 aromatic heterocycles. The van der Waals surface area contributed by atoms with Crippen molar-refractivity contribution in [2.75, 3.05) is 23.5 Å². The van der Waals surface area contributed by atoms with E-state index in [1.807, 2.05) is 33.0 Å². The standard InChI is InChI=1S/C26H26ClN3O4/c1-6-34-18-9-7-8-17(12-18)30-24(32)20(23(31)28-25(30)33)11-16-10-19-15(2)14-26(3,4)29(5)22(19)13-21(16)27/h7-14H,6H2,1-5H3,(H,28,31,33)/b20-11-. The number of amides is 4. The Hall–Kier alpha value is -3.58. The van der Waals surface area contributed by atoms with E-state index in [0.29, 0.717) is 28.6 Å². The van der Waals surface area contributed by atoms with Crippen LogP contribution in [-0.4, -0.2) is 37.0 Å². The Labute approximate surface area is 203 Å². The highest BCUT2D eigenvalue weighted by atomic mass is 35.5. The number of fused-ring (bicyclic) bond motifs is 1. The van der Waals surface area contributed by atoms with Crippen molar-refractivity contribution in [2.24, 2.45) is 0 Å². The van der Waals surface area contributed by atoms with E-state index in [9.17, 15) is 14.4 Å². The van der Waals surface area contributed by atoms with E-state index in [4.69, 9.17) is 16.3 Å². The number of carbonyl (C=O) groups is 3. The maximum Gasteiger partial charge on any atom is 0.335 e. The fourth-order valence-corrected chi connectivity index (χ4v) is 4.44. The van der Waals surface area contributed by atoms with Crippen molar-refractivity contribution in [3.05, 3.63) is 64.2 Å². The molecule has 1 N–H and O–H groups in total. The van der Waals surface area contributed by atoms with Crippen LogP contribution in [0.3, 0.4) is 0 Å². The monoisotopic (exact) mass is 479 g/mol. The lowest BCUT2D eigenvalue weighted by molar-refractivity contribution is -0.122. The number of carbonyl (C=O) groups excluding carboxylic acids is 3. The highest BCUT2D eigenvalue weighted by Gasteiger charge is 2.37. The van der Waals surface area contributed by atoms with Gasteiger partial charge in [0.2, 0.25) is 0 Å². The molecule has 4 rings (SSSR count). The van der Waals surface area contributed by atoms with Crippen LogP contribution in [0, 0.1) is 0 Å². The molecule has 2 aromatic rings. The minimum atomic E-state index is -0.819. The molecule has 1 saturated heterocycles. The number of urea groups is 1. The molecule has 2 heterocycles. The summed E-state index contributed by atoms with van der Waals surface area (Å²) in [6.45, 7) is 8.51. The predicted octanol–water partition coefficient (Wildman–Crippen LogP) is 5.04. The lowest BCUT2D eigenvalue weighted by atomic mass is 9.88. The molecule has 176 valence electrons. The molecule has 8 heteroatoms. The lowest BCUT2D eigenvalue weighted by Crippen LogP contribution is -2.54. The fourth-order valence-electron chi connectivity index (χ4n) is 4.22. The fraction of sp³-hybridized carbons (Fsp3) is 0.269. The molecule has 1 fully saturated rings. The summed E-state index contributed by atoms with van der Waals surface area (Å²) in [5.41, 5.74) is 3.42. The molecule has 0 atom stereocenters. The van der Waals surface area contributed by atoms with E-state index < -0.39 is 17.8 Å². The molecule has 0 saturated carbocycles. The summed E-state index contributed by atoms with van der Waals surface area (Å²) in [5, 5.41) is 2.64. The van der Waals surface area contributed by atoms with E-state index in [1.54, 1.807) is 24.3 Å². The number of barbiturate groups is 1. The molecule has 34 heavy (non-hydrogen) atoms. The molecular formula is C26H26ClN3O4. The third-order valence-corrected chi connectivity index (χ3v) is 6.45. The molecule has 0 bridgehead atoms. The van der Waals surface area contributed by atoms with Crippen LogP contribution in [0.15, 0.2) is 48.0 Å². The van der Waals surface area contributed by atoms with E-state index in [-0.39, 0.29) is 11.1 Å². The second-order valence-corrected chi connectivity index (χ2v) is 9.23. The normalized spacial score (nSPS) is 18.6. The van der Waals surface area contributed by atoms with Crippen LogP contribution < -0.4 is 19.9 Å². The number of anilines is 2. The molecule has 2 aliphatic rings. The van der Waals surface area contributed by atoms with Gasteiger partial charge in [-0.25, -0.2) is 9.69 Å². The van der Waals surface area contributed by atoms with Crippen molar-refractivity contribution in [3.8, 4) is 5.75 Å². The van der Waals surface area contributed by atoms with Crippen LogP contribution in [0.5, 0.6) is 5.75 Å². The molecule has 0 unspecified atom stereocenters. The molecular weight excluding hydrogens is 454 g/mol. The van der Waals surface area contributed by atoms with Gasteiger partial charge in [0.15, 0.2) is 0 Å². The van der Waals surface area contributed by atoms with Crippen molar-refractivity contribution >= 4 is 52.5 Å². The highest BCUT2D eigenvalue weighted by molar-refractivity contribution is 6.40. The summed E-state index contributed by atoms with van der Waals surface area (Å²) in [5.74, 6) is -0.997. The molecule has 2 aliphatic heterocycles. The zero-order valence-electron chi connectivity index (χ0n) is 19.7. The number of rotatable bonds is 4. The van der Waals surface area contributed by atoms with Crippen molar-refractivity contribution in [2.45, 2.75) is 33.2 Å². The zero-order valence-corrected chi connectivity index (χ0v) is 20.5. The number of imide groups is 2. The van der Waals surface area contributed by atoms with Crippen LogP contribution in [-0.2, 0) is 9.59 Å². The lowest BCUT2D eigenvalue weighted by Gasteiger charge is -2.40. The molecule has 2 aromatic carbocycles. The van der Waals surface area contributed by atoms with Gasteiger partial charge in [0.25, 0.3) is 11.8 Å². The van der Waals surface area contributed by atoms with Crippen LogP contribution in [0.25, 0.3) is 11.6 Å². The Morgan fingerprint density at radius 3 is 2.59 bits per heavy atom. The number of nitrogens with one attached hydrogen (secondary N) is 1. The first kappa shape index (κ1) is 23.6. The van der Waals surface area contributed by atoms with Gasteiger partial charge >= 0.3 is 6.03 Å². The average Bonchev–Trinajstić information content (AvgIpc) is 2.76. The number of hydrogen-bond donors (Lipinski definition) is 1. The first-order valence-electron chi connectivity index (χ1n) is 10.9. The maximum absolute atomic E-state index is 13.3. The van der Waals surface area contributed by atoms with Gasteiger partial charge in [0.05, 0.1) is 17.8 Å². The molecule has 4 amide bonds. The van der Waals surface area contributed by atoms with Crippen LogP contribution >= 0.6 is 11.6 Å². The Morgan fingerprint density at radius 1 is 1.15 bits per heavy atom. The van der Waals surface area contributed by atoms with Gasteiger partial charge in [0, 0.05) is 29.4 Å². The largest absolute Gasteiger partial charge is 0.494 e. The number of benzene rings is 2. The van der Waals surface area contributed by atoms with Gasteiger partial charge in [-0.15, -0.1) is 0 Å². The van der Waals surface area contributed by atoms with Gasteiger partial charge in [-0.2, -0.15) is 0 Å². The van der Waals surface area contributed by atoms with E-state index in [0.717, 1.165) is 21.7 Å². The summed E-state index contributed by atoms with van der Waals surface area (Å²) in [6.07, 6.45) is 3.59. The Bertz CT molecular complexity index is 1280. The SMILES string of the molecule is CCOc1cccc(N2C(=O)NC(=O)/C(=C/c3cc4c(cc3Cl)N(C)C(C)(C)C=C4C)C2=O)c1. The summed E-state index contributed by atoms with van der Waals surface area (Å²) in [4.78, 5) is 41.5. The highest BCUT2D eigenvalue weighted by Crippen LogP contribution is 2.41. The minimum Gasteiger partial charge on any atom is -0.494 e. The van der Waals surface area contributed by atoms with Gasteiger partial charge in [-0.05, 0) is 69.2 Å². The second kappa shape index (κ2) is 8.65. The first-order chi connectivity index (χ1) is 16.0.